The highest BCUT2D eigenvalue weighted by Gasteiger charge is 2.07. The van der Waals surface area contributed by atoms with Crippen LogP contribution in [0.4, 0.5) is 0 Å². The molecule has 0 aromatic heterocycles. The van der Waals surface area contributed by atoms with Crippen LogP contribution >= 0.6 is 0 Å². The molecule has 0 fully saturated rings. The summed E-state index contributed by atoms with van der Waals surface area (Å²) in [5.41, 5.74) is 1.96. The fraction of sp³-hybridized carbons (Fsp3) is 0.300. The van der Waals surface area contributed by atoms with Crippen LogP contribution < -0.4 is 0 Å². The van der Waals surface area contributed by atoms with E-state index >= 15 is 0 Å². The van der Waals surface area contributed by atoms with Crippen LogP contribution in [-0.4, -0.2) is 14.2 Å². The molecule has 0 saturated heterocycles. The van der Waals surface area contributed by atoms with Crippen molar-refractivity contribution in [2.45, 2.75) is 6.29 Å². The summed E-state index contributed by atoms with van der Waals surface area (Å²) in [5.74, 6) is 0. The molecule has 0 atom stereocenters. The van der Waals surface area contributed by atoms with E-state index in [4.69, 9.17) is 9.47 Å². The summed E-state index contributed by atoms with van der Waals surface area (Å²) in [5, 5.41) is 0. The van der Waals surface area contributed by atoms with E-state index in [-0.39, 0.29) is 6.29 Å². The second-order valence-corrected chi connectivity index (χ2v) is 2.55. The van der Waals surface area contributed by atoms with Crippen LogP contribution in [0, 0.1) is 6.92 Å². The normalized spacial score (nSPS) is 10.7. The van der Waals surface area contributed by atoms with E-state index in [0.717, 1.165) is 11.1 Å². The van der Waals surface area contributed by atoms with Crippen molar-refractivity contribution in [2.24, 2.45) is 0 Å². The van der Waals surface area contributed by atoms with Crippen molar-refractivity contribution >= 4 is 0 Å². The Morgan fingerprint density at radius 1 is 1.25 bits per heavy atom. The van der Waals surface area contributed by atoms with Gasteiger partial charge in [-0.3, -0.25) is 0 Å². The Balaban J connectivity index is 2.85. The lowest BCUT2D eigenvalue weighted by atomic mass is 10.1. The van der Waals surface area contributed by atoms with Crippen LogP contribution in [0.15, 0.2) is 24.3 Å². The zero-order valence-electron chi connectivity index (χ0n) is 7.41. The van der Waals surface area contributed by atoms with Crippen molar-refractivity contribution in [1.82, 2.24) is 0 Å². The molecule has 0 aliphatic carbocycles. The Morgan fingerprint density at radius 3 is 2.42 bits per heavy atom. The second-order valence-electron chi connectivity index (χ2n) is 2.55. The predicted octanol–water partition coefficient (Wildman–Crippen LogP) is 2.16. The molecule has 2 heteroatoms. The lowest BCUT2D eigenvalue weighted by Gasteiger charge is -2.13. The molecule has 1 aromatic carbocycles. The summed E-state index contributed by atoms with van der Waals surface area (Å²) in [6.07, 6.45) is -0.285. The number of rotatable bonds is 3. The van der Waals surface area contributed by atoms with Gasteiger partial charge in [0.25, 0.3) is 0 Å². The molecule has 12 heavy (non-hydrogen) atoms. The molecule has 1 aromatic rings. The SMILES string of the molecule is [CH2]c1cccc(C(OC)OC)c1. The first-order chi connectivity index (χ1) is 5.77. The third-order valence-electron chi connectivity index (χ3n) is 1.65. The summed E-state index contributed by atoms with van der Waals surface area (Å²) in [4.78, 5) is 0. The molecule has 0 bridgehead atoms. The molecule has 0 heterocycles. The van der Waals surface area contributed by atoms with Crippen LogP contribution in [0.5, 0.6) is 0 Å². The lowest BCUT2D eigenvalue weighted by molar-refractivity contribution is -0.106. The van der Waals surface area contributed by atoms with Crippen LogP contribution in [0.3, 0.4) is 0 Å². The quantitative estimate of drug-likeness (QED) is 0.639. The van der Waals surface area contributed by atoms with Gasteiger partial charge in [-0.25, -0.2) is 0 Å². The van der Waals surface area contributed by atoms with Gasteiger partial charge in [-0.05, 0) is 12.5 Å². The Morgan fingerprint density at radius 2 is 1.92 bits per heavy atom. The maximum absolute atomic E-state index is 5.09. The highest BCUT2D eigenvalue weighted by molar-refractivity contribution is 5.26. The van der Waals surface area contributed by atoms with Gasteiger partial charge in [0.1, 0.15) is 0 Å². The van der Waals surface area contributed by atoms with E-state index in [1.165, 1.54) is 0 Å². The zero-order valence-corrected chi connectivity index (χ0v) is 7.41. The first-order valence-corrected chi connectivity index (χ1v) is 3.75. The third kappa shape index (κ3) is 2.06. The molecular weight excluding hydrogens is 152 g/mol. The number of hydrogen-bond donors (Lipinski definition) is 0. The summed E-state index contributed by atoms with van der Waals surface area (Å²) in [7, 11) is 3.23. The lowest BCUT2D eigenvalue weighted by Crippen LogP contribution is -2.03. The molecule has 0 amide bonds. The molecule has 1 radical (unpaired) electrons. The molecule has 65 valence electrons. The fourth-order valence-electron chi connectivity index (χ4n) is 1.11. The van der Waals surface area contributed by atoms with Crippen molar-refractivity contribution in [2.75, 3.05) is 14.2 Å². The molecule has 0 aliphatic rings. The van der Waals surface area contributed by atoms with E-state index in [1.807, 2.05) is 24.3 Å². The topological polar surface area (TPSA) is 18.5 Å². The highest BCUT2D eigenvalue weighted by Crippen LogP contribution is 2.17. The number of hydrogen-bond acceptors (Lipinski definition) is 2. The zero-order chi connectivity index (χ0) is 8.97. The highest BCUT2D eigenvalue weighted by atomic mass is 16.7. The summed E-state index contributed by atoms with van der Waals surface area (Å²) in [6, 6.07) is 7.76. The molecule has 0 spiro atoms. The standard InChI is InChI=1S/C10H13O2/c1-8-5-4-6-9(7-8)10(11-2)12-3/h4-7,10H,1H2,2-3H3. The number of ether oxygens (including phenoxy) is 2. The molecule has 2 nitrogen and oxygen atoms in total. The Bertz CT molecular complexity index is 241. The number of benzene rings is 1. The van der Waals surface area contributed by atoms with E-state index in [2.05, 4.69) is 6.92 Å². The van der Waals surface area contributed by atoms with Crippen molar-refractivity contribution < 1.29 is 9.47 Å². The Labute approximate surface area is 73.1 Å². The first kappa shape index (κ1) is 9.23. The smallest absolute Gasteiger partial charge is 0.183 e. The van der Waals surface area contributed by atoms with Gasteiger partial charge < -0.3 is 9.47 Å². The largest absolute Gasteiger partial charge is 0.352 e. The fourth-order valence-corrected chi connectivity index (χ4v) is 1.11. The minimum absolute atomic E-state index is 0.285. The molecular formula is C10H13O2. The van der Waals surface area contributed by atoms with Crippen molar-refractivity contribution in [3.05, 3.63) is 42.3 Å². The molecule has 0 N–H and O–H groups in total. The second kappa shape index (κ2) is 4.24. The maximum atomic E-state index is 5.09. The van der Waals surface area contributed by atoms with Gasteiger partial charge in [0.2, 0.25) is 0 Å². The van der Waals surface area contributed by atoms with Crippen LogP contribution in [-0.2, 0) is 9.47 Å². The molecule has 0 saturated carbocycles. The van der Waals surface area contributed by atoms with E-state index in [9.17, 15) is 0 Å². The monoisotopic (exact) mass is 165 g/mol. The van der Waals surface area contributed by atoms with E-state index in [0.29, 0.717) is 0 Å². The van der Waals surface area contributed by atoms with Gasteiger partial charge in [-0.1, -0.05) is 24.3 Å². The molecule has 0 unspecified atom stereocenters. The molecule has 0 aliphatic heterocycles. The average molecular weight is 165 g/mol. The van der Waals surface area contributed by atoms with Crippen molar-refractivity contribution in [3.63, 3.8) is 0 Å². The maximum Gasteiger partial charge on any atom is 0.183 e. The van der Waals surface area contributed by atoms with Gasteiger partial charge >= 0.3 is 0 Å². The summed E-state index contributed by atoms with van der Waals surface area (Å²) >= 11 is 0. The summed E-state index contributed by atoms with van der Waals surface area (Å²) in [6.45, 7) is 3.82. The molecule has 1 rings (SSSR count). The van der Waals surface area contributed by atoms with E-state index in [1.54, 1.807) is 14.2 Å². The predicted molar refractivity (Wildman–Crippen MR) is 47.7 cm³/mol. The van der Waals surface area contributed by atoms with Crippen molar-refractivity contribution in [1.29, 1.82) is 0 Å². The van der Waals surface area contributed by atoms with Crippen LogP contribution in [0.25, 0.3) is 0 Å². The van der Waals surface area contributed by atoms with E-state index < -0.39 is 0 Å². The van der Waals surface area contributed by atoms with Gasteiger partial charge in [0, 0.05) is 19.8 Å². The third-order valence-corrected chi connectivity index (χ3v) is 1.65. The minimum Gasteiger partial charge on any atom is -0.352 e. The first-order valence-electron chi connectivity index (χ1n) is 3.75. The summed E-state index contributed by atoms with van der Waals surface area (Å²) < 4.78 is 10.2. The van der Waals surface area contributed by atoms with Gasteiger partial charge in [0.15, 0.2) is 6.29 Å². The minimum atomic E-state index is -0.285. The Hall–Kier alpha value is -0.860. The van der Waals surface area contributed by atoms with Gasteiger partial charge in [-0.15, -0.1) is 0 Å². The van der Waals surface area contributed by atoms with Gasteiger partial charge in [-0.2, -0.15) is 0 Å². The van der Waals surface area contributed by atoms with Gasteiger partial charge in [0.05, 0.1) is 0 Å². The Kier molecular flexibility index (Phi) is 3.26. The van der Waals surface area contributed by atoms with Crippen LogP contribution in [0.2, 0.25) is 0 Å². The number of methoxy groups -OCH3 is 2. The average Bonchev–Trinajstić information content (AvgIpc) is 2.07. The van der Waals surface area contributed by atoms with Crippen LogP contribution in [0.1, 0.15) is 17.4 Å². The van der Waals surface area contributed by atoms with Crippen molar-refractivity contribution in [3.8, 4) is 0 Å².